The molecule has 1 aromatic heterocycles. The van der Waals surface area contributed by atoms with Gasteiger partial charge in [-0.2, -0.15) is 5.10 Å². The number of amides is 1. The number of carbonyl (C=O) groups is 1. The second-order valence-electron chi connectivity index (χ2n) is 3.60. The van der Waals surface area contributed by atoms with E-state index in [1.165, 1.54) is 6.08 Å². The highest BCUT2D eigenvalue weighted by Gasteiger charge is 2.03. The van der Waals surface area contributed by atoms with Crippen molar-refractivity contribution < 1.29 is 4.79 Å². The van der Waals surface area contributed by atoms with Crippen LogP contribution in [0.15, 0.2) is 60.4 Å². The van der Waals surface area contributed by atoms with Crippen LogP contribution in [0, 0.1) is 0 Å². The lowest BCUT2D eigenvalue weighted by Gasteiger charge is -2.13. The summed E-state index contributed by atoms with van der Waals surface area (Å²) in [5.74, 6) is -0.359. The Kier molecular flexibility index (Phi) is 3.45. The number of aromatic nitrogens is 2. The van der Waals surface area contributed by atoms with Gasteiger partial charge in [0, 0.05) is 6.20 Å². The van der Waals surface area contributed by atoms with Crippen LogP contribution in [0.3, 0.4) is 0 Å². The van der Waals surface area contributed by atoms with Gasteiger partial charge in [-0.15, -0.1) is 0 Å². The van der Waals surface area contributed by atoms with E-state index in [4.69, 9.17) is 0 Å². The molecular weight excluding hydrogens is 214 g/mol. The number of hydrogen-bond donors (Lipinski definition) is 0. The van der Waals surface area contributed by atoms with Gasteiger partial charge >= 0.3 is 0 Å². The Morgan fingerprint density at radius 3 is 2.88 bits per heavy atom. The van der Waals surface area contributed by atoms with Crippen molar-refractivity contribution >= 4 is 5.91 Å². The summed E-state index contributed by atoms with van der Waals surface area (Å²) in [5, 5.41) is 4.76. The Morgan fingerprint density at radius 1 is 1.53 bits per heavy atom. The van der Waals surface area contributed by atoms with E-state index < -0.39 is 0 Å². The van der Waals surface area contributed by atoms with E-state index in [1.54, 1.807) is 18.5 Å². The van der Waals surface area contributed by atoms with Gasteiger partial charge in [-0.3, -0.25) is 9.48 Å². The summed E-state index contributed by atoms with van der Waals surface area (Å²) >= 11 is 0. The normalized spacial score (nSPS) is 16.1. The van der Waals surface area contributed by atoms with Crippen molar-refractivity contribution in [1.82, 2.24) is 9.78 Å². The van der Waals surface area contributed by atoms with Crippen LogP contribution in [0.25, 0.3) is 0 Å². The zero-order valence-corrected chi connectivity index (χ0v) is 9.36. The largest absolute Gasteiger partial charge is 0.269 e. The Bertz CT molecular complexity index is 520. The molecule has 4 nitrogen and oxygen atoms in total. The lowest BCUT2D eigenvalue weighted by atomic mass is 10.1. The Labute approximate surface area is 99.3 Å². The fourth-order valence-electron chi connectivity index (χ4n) is 1.53. The zero-order valence-electron chi connectivity index (χ0n) is 9.36. The smallest absolute Gasteiger partial charge is 0.267 e. The molecular formula is C13H13N3O. The summed E-state index contributed by atoms with van der Waals surface area (Å²) in [7, 11) is 0. The summed E-state index contributed by atoms with van der Waals surface area (Å²) in [6, 6.07) is 1.90. The number of carbonyl (C=O) groups excluding carboxylic acids is 1. The summed E-state index contributed by atoms with van der Waals surface area (Å²) in [4.78, 5) is 14.8. The Morgan fingerprint density at radius 2 is 2.29 bits per heavy atom. The van der Waals surface area contributed by atoms with Gasteiger partial charge < -0.3 is 0 Å². The molecule has 0 unspecified atom stereocenters. The Balaban J connectivity index is 2.23. The van der Waals surface area contributed by atoms with Crippen LogP contribution in [0.2, 0.25) is 0 Å². The highest BCUT2D eigenvalue weighted by molar-refractivity contribution is 5.87. The summed E-state index contributed by atoms with van der Waals surface area (Å²) in [6.07, 6.45) is 13.9. The molecule has 1 aromatic rings. The molecule has 0 bridgehead atoms. The maximum absolute atomic E-state index is 11.0. The quantitative estimate of drug-likeness (QED) is 0.568. The molecule has 0 aromatic carbocycles. The highest BCUT2D eigenvalue weighted by Crippen LogP contribution is 2.12. The minimum absolute atomic E-state index is 0.146. The van der Waals surface area contributed by atoms with Crippen LogP contribution in [0.4, 0.5) is 0 Å². The molecule has 0 N–H and O–H groups in total. The first-order valence-corrected chi connectivity index (χ1v) is 5.38. The molecule has 1 amide bonds. The fourth-order valence-corrected chi connectivity index (χ4v) is 1.53. The third kappa shape index (κ3) is 2.87. The van der Waals surface area contributed by atoms with Crippen molar-refractivity contribution in [1.29, 1.82) is 0 Å². The van der Waals surface area contributed by atoms with Crippen LogP contribution >= 0.6 is 0 Å². The maximum atomic E-state index is 11.0. The van der Waals surface area contributed by atoms with Gasteiger partial charge in [-0.25, -0.2) is 4.99 Å². The van der Waals surface area contributed by atoms with Gasteiger partial charge in [-0.05, 0) is 18.6 Å². The maximum Gasteiger partial charge on any atom is 0.269 e. The fraction of sp³-hybridized carbons (Fsp3) is 0.154. The highest BCUT2D eigenvalue weighted by atomic mass is 16.1. The molecule has 1 aliphatic rings. The van der Waals surface area contributed by atoms with Crippen molar-refractivity contribution in [2.24, 2.45) is 4.99 Å². The van der Waals surface area contributed by atoms with E-state index in [2.05, 4.69) is 41.0 Å². The zero-order chi connectivity index (χ0) is 12.1. The molecule has 17 heavy (non-hydrogen) atoms. The number of rotatable bonds is 2. The second kappa shape index (κ2) is 5.21. The third-order valence-corrected chi connectivity index (χ3v) is 2.38. The molecule has 0 saturated carbocycles. The van der Waals surface area contributed by atoms with Gasteiger partial charge in [0.05, 0.1) is 17.6 Å². The summed E-state index contributed by atoms with van der Waals surface area (Å²) in [6.45, 7) is 3.36. The van der Waals surface area contributed by atoms with E-state index in [0.29, 0.717) is 5.36 Å². The molecule has 1 aliphatic carbocycles. The Hall–Kier alpha value is -2.23. The summed E-state index contributed by atoms with van der Waals surface area (Å²) < 4.78 is 1.81. The molecule has 0 atom stereocenters. The first-order chi connectivity index (χ1) is 8.29. The molecule has 0 aliphatic heterocycles. The van der Waals surface area contributed by atoms with Crippen LogP contribution in [0.1, 0.15) is 12.5 Å². The molecule has 0 radical (unpaired) electrons. The molecule has 0 fully saturated rings. The molecule has 0 saturated heterocycles. The van der Waals surface area contributed by atoms with E-state index in [1.807, 2.05) is 4.68 Å². The molecule has 1 heterocycles. The average molecular weight is 227 g/mol. The lowest BCUT2D eigenvalue weighted by Crippen LogP contribution is -2.14. The predicted molar refractivity (Wildman–Crippen MR) is 64.9 cm³/mol. The van der Waals surface area contributed by atoms with Gasteiger partial charge in [0.2, 0.25) is 0 Å². The number of hydrogen-bond acceptors (Lipinski definition) is 2. The van der Waals surface area contributed by atoms with Crippen molar-refractivity contribution in [2.75, 3.05) is 0 Å². The lowest BCUT2D eigenvalue weighted by molar-refractivity contribution is -0.113. The molecule has 4 heteroatoms. The van der Waals surface area contributed by atoms with Gasteiger partial charge in [0.15, 0.2) is 0 Å². The van der Waals surface area contributed by atoms with E-state index in [-0.39, 0.29) is 11.9 Å². The minimum atomic E-state index is -0.359. The van der Waals surface area contributed by atoms with E-state index >= 15 is 0 Å². The van der Waals surface area contributed by atoms with E-state index in [9.17, 15) is 4.79 Å². The molecule has 2 rings (SSSR count). The van der Waals surface area contributed by atoms with Crippen molar-refractivity contribution in [2.45, 2.75) is 12.5 Å². The predicted octanol–water partition coefficient (Wildman–Crippen LogP) is 1.55. The van der Waals surface area contributed by atoms with E-state index in [0.717, 1.165) is 6.42 Å². The van der Waals surface area contributed by atoms with Gasteiger partial charge in [0.25, 0.3) is 5.91 Å². The van der Waals surface area contributed by atoms with Crippen LogP contribution < -0.4 is 5.36 Å². The third-order valence-electron chi connectivity index (χ3n) is 2.38. The van der Waals surface area contributed by atoms with Crippen LogP contribution in [-0.2, 0) is 4.79 Å². The van der Waals surface area contributed by atoms with Crippen LogP contribution in [0.5, 0.6) is 0 Å². The van der Waals surface area contributed by atoms with Gasteiger partial charge in [0.1, 0.15) is 0 Å². The van der Waals surface area contributed by atoms with Gasteiger partial charge in [-0.1, -0.05) is 30.9 Å². The SMILES string of the molecule is C=CC(=O)N=c1ccn(C2C=CCC=C2)nc1. The monoisotopic (exact) mass is 227 g/mol. The second-order valence-corrected chi connectivity index (χ2v) is 3.60. The topological polar surface area (TPSA) is 47.2 Å². The first-order valence-electron chi connectivity index (χ1n) is 5.38. The average Bonchev–Trinajstić information content (AvgIpc) is 2.40. The molecule has 86 valence electrons. The number of nitrogens with zero attached hydrogens (tertiary/aromatic N) is 3. The van der Waals surface area contributed by atoms with Crippen LogP contribution in [-0.4, -0.2) is 15.7 Å². The molecule has 0 spiro atoms. The van der Waals surface area contributed by atoms with Crippen molar-refractivity contribution in [3.63, 3.8) is 0 Å². The standard InChI is InChI=1S/C13H13N3O/c1-2-13(17)15-11-8-9-16(14-10-11)12-6-4-3-5-7-12/h2,4-10,12H,1,3H2. The first kappa shape index (κ1) is 11.3. The number of allylic oxidation sites excluding steroid dienone is 4. The minimum Gasteiger partial charge on any atom is -0.267 e. The van der Waals surface area contributed by atoms with Crippen molar-refractivity contribution in [3.05, 3.63) is 60.8 Å². The van der Waals surface area contributed by atoms with Crippen molar-refractivity contribution in [3.8, 4) is 0 Å². The summed E-state index contributed by atoms with van der Waals surface area (Å²) in [5.41, 5.74) is 0.